The van der Waals surface area contributed by atoms with E-state index < -0.39 is 47.8 Å². The Morgan fingerprint density at radius 3 is 1.97 bits per heavy atom. The molecular formula is C44H61F2N3O8S2. The van der Waals surface area contributed by atoms with Gasteiger partial charge in [-0.15, -0.1) is 8.78 Å². The maximum absolute atomic E-state index is 13.8. The lowest BCUT2D eigenvalue weighted by Crippen LogP contribution is -2.53. The first-order valence-electron chi connectivity index (χ1n) is 20.2. The van der Waals surface area contributed by atoms with E-state index in [0.717, 1.165) is 38.5 Å². The summed E-state index contributed by atoms with van der Waals surface area (Å²) in [6, 6.07) is 2.67. The zero-order valence-corrected chi connectivity index (χ0v) is 36.0. The number of amides is 3. The topological polar surface area (TPSA) is 155 Å². The summed E-state index contributed by atoms with van der Waals surface area (Å²) in [6.45, 7) is 5.11. The van der Waals surface area contributed by atoms with Gasteiger partial charge >= 0.3 is 12.4 Å². The molecule has 3 rings (SSSR count). The molecule has 1 atom stereocenters. The quantitative estimate of drug-likeness (QED) is 0.0316. The number of carbonyl (C=O) groups excluding carboxylic acids is 3. The molecule has 326 valence electrons. The molecule has 0 radical (unpaired) electrons. The highest BCUT2D eigenvalue weighted by Crippen LogP contribution is 2.52. The third-order valence-electron chi connectivity index (χ3n) is 9.34. The van der Waals surface area contributed by atoms with Crippen molar-refractivity contribution in [1.29, 1.82) is 0 Å². The average molecular weight is 862 g/mol. The maximum atomic E-state index is 13.8. The van der Waals surface area contributed by atoms with Gasteiger partial charge in [0.2, 0.25) is 11.8 Å². The van der Waals surface area contributed by atoms with Gasteiger partial charge in [0.05, 0.1) is 30.7 Å². The van der Waals surface area contributed by atoms with E-state index in [9.17, 15) is 33.4 Å². The van der Waals surface area contributed by atoms with E-state index in [1.165, 1.54) is 33.7 Å². The number of aliphatic hydroxyl groups is 2. The Balaban J connectivity index is 1.38. The van der Waals surface area contributed by atoms with Gasteiger partial charge in [-0.05, 0) is 89.3 Å². The van der Waals surface area contributed by atoms with Gasteiger partial charge in [0, 0.05) is 23.5 Å². The first-order valence-corrected chi connectivity index (χ1v) is 22.5. The highest BCUT2D eigenvalue weighted by molar-refractivity contribution is 8.77. The van der Waals surface area contributed by atoms with E-state index in [0.29, 0.717) is 43.5 Å². The Labute approximate surface area is 355 Å². The smallest absolute Gasteiger partial charge is 0.447 e. The van der Waals surface area contributed by atoms with Gasteiger partial charge < -0.3 is 40.4 Å². The summed E-state index contributed by atoms with van der Waals surface area (Å²) in [5.41, 5.74) is -0.490. The molecule has 1 aliphatic heterocycles. The Hall–Kier alpha value is -4.05. The number of ether oxygens (including phenoxy) is 3. The molecule has 15 heteroatoms. The van der Waals surface area contributed by atoms with Crippen molar-refractivity contribution < 1.29 is 47.6 Å². The van der Waals surface area contributed by atoms with Crippen molar-refractivity contribution in [2.45, 2.75) is 114 Å². The number of alkyl halides is 2. The fourth-order valence-corrected chi connectivity index (χ4v) is 8.25. The van der Waals surface area contributed by atoms with Crippen molar-refractivity contribution in [2.75, 3.05) is 32.1 Å². The minimum atomic E-state index is -3.79. The number of halogens is 2. The lowest BCUT2D eigenvalue weighted by Gasteiger charge is -2.34. The molecule has 59 heavy (non-hydrogen) atoms. The van der Waals surface area contributed by atoms with E-state index in [-0.39, 0.29) is 29.9 Å². The third-order valence-corrected chi connectivity index (χ3v) is 12.7. The van der Waals surface area contributed by atoms with Gasteiger partial charge in [0.15, 0.2) is 11.5 Å². The normalized spacial score (nSPS) is 16.3. The number of aliphatic hydroxyl groups excluding tert-OH is 2. The predicted octanol–water partition coefficient (Wildman–Crippen LogP) is 8.36. The van der Waals surface area contributed by atoms with E-state index in [4.69, 9.17) is 4.74 Å². The van der Waals surface area contributed by atoms with Crippen LogP contribution in [-0.4, -0.2) is 83.4 Å². The van der Waals surface area contributed by atoms with Crippen LogP contribution in [0.25, 0.3) is 0 Å². The number of benzene rings is 1. The summed E-state index contributed by atoms with van der Waals surface area (Å²) < 4.78 is 41.1. The Bertz CT molecular complexity index is 1660. The Morgan fingerprint density at radius 2 is 1.41 bits per heavy atom. The molecule has 5 N–H and O–H groups in total. The minimum absolute atomic E-state index is 0.0510. The fraction of sp³-hybridized carbons (Fsp3) is 0.523. The lowest BCUT2D eigenvalue weighted by atomic mass is 9.93. The molecule has 1 aromatic rings. The first-order chi connectivity index (χ1) is 28.4. The molecule has 0 aromatic heterocycles. The van der Waals surface area contributed by atoms with Crippen LogP contribution in [0.4, 0.5) is 13.6 Å². The number of hydrogen-bond donors (Lipinski definition) is 5. The van der Waals surface area contributed by atoms with Crippen molar-refractivity contribution in [3.63, 3.8) is 0 Å². The number of fused-ring (bicyclic) bond motifs is 1. The fourth-order valence-electron chi connectivity index (χ4n) is 5.67. The van der Waals surface area contributed by atoms with Gasteiger partial charge in [0.25, 0.3) is 0 Å². The SMILES string of the molecule is CC/C=C\C/C=C\C/C=C\C/C=C\C/C=C\C/C=C\CCC(=O)NCCSSC(C)(C)[C@@H](COC(=O)NC(CO)CO)NC(=O)C1(c2ccc3c(c2)OC(F)(F)O3)CC1. The second-order valence-electron chi connectivity index (χ2n) is 14.6. The molecule has 1 aliphatic carbocycles. The third kappa shape index (κ3) is 18.4. The molecular weight excluding hydrogens is 801 g/mol. The molecule has 0 bridgehead atoms. The monoisotopic (exact) mass is 861 g/mol. The van der Waals surface area contributed by atoms with Gasteiger partial charge in [-0.25, -0.2) is 4.79 Å². The van der Waals surface area contributed by atoms with E-state index in [1.54, 1.807) is 6.07 Å². The average Bonchev–Trinajstić information content (AvgIpc) is 3.95. The molecule has 11 nitrogen and oxygen atoms in total. The molecule has 3 amide bonds. The van der Waals surface area contributed by atoms with Crippen LogP contribution >= 0.6 is 21.6 Å². The molecule has 1 aromatic carbocycles. The lowest BCUT2D eigenvalue weighted by molar-refractivity contribution is -0.286. The number of nitrogens with one attached hydrogen (secondary N) is 3. The van der Waals surface area contributed by atoms with E-state index in [2.05, 4.69) is 99.2 Å². The number of hydrogen-bond acceptors (Lipinski definition) is 10. The zero-order chi connectivity index (χ0) is 43.0. The largest absolute Gasteiger partial charge is 0.586 e. The van der Waals surface area contributed by atoms with Crippen LogP contribution in [0.2, 0.25) is 0 Å². The van der Waals surface area contributed by atoms with Crippen molar-refractivity contribution in [1.82, 2.24) is 16.0 Å². The summed E-state index contributed by atoms with van der Waals surface area (Å²) in [4.78, 5) is 38.7. The van der Waals surface area contributed by atoms with Crippen LogP contribution in [0, 0.1) is 0 Å². The van der Waals surface area contributed by atoms with E-state index >= 15 is 0 Å². The summed E-state index contributed by atoms with van der Waals surface area (Å²) in [5, 5.41) is 27.0. The molecule has 0 spiro atoms. The first kappa shape index (κ1) is 49.3. The number of alkyl carbamates (subject to hydrolysis) is 1. The van der Waals surface area contributed by atoms with Crippen molar-refractivity contribution in [2.24, 2.45) is 0 Å². The molecule has 1 heterocycles. The van der Waals surface area contributed by atoms with Gasteiger partial charge in [-0.1, -0.05) is 107 Å². The second-order valence-corrected chi connectivity index (χ2v) is 17.6. The van der Waals surface area contributed by atoms with Gasteiger partial charge in [-0.3, -0.25) is 9.59 Å². The number of rotatable bonds is 28. The number of carbonyl (C=O) groups is 3. The van der Waals surface area contributed by atoms with E-state index in [1.807, 2.05) is 19.9 Å². The van der Waals surface area contributed by atoms with Crippen molar-refractivity contribution in [3.8, 4) is 11.5 Å². The molecule has 0 saturated heterocycles. The minimum Gasteiger partial charge on any atom is -0.447 e. The summed E-state index contributed by atoms with van der Waals surface area (Å²) in [5.74, 6) is -0.114. The summed E-state index contributed by atoms with van der Waals surface area (Å²) >= 11 is 0. The van der Waals surface area contributed by atoms with Crippen LogP contribution in [0.15, 0.2) is 91.1 Å². The molecule has 1 fully saturated rings. The second kappa shape index (κ2) is 26.2. The molecule has 2 aliphatic rings. The number of allylic oxidation sites excluding steroid dienone is 12. The zero-order valence-electron chi connectivity index (χ0n) is 34.3. The highest BCUT2D eigenvalue weighted by atomic mass is 33.1. The summed E-state index contributed by atoms with van der Waals surface area (Å²) in [6.07, 6.45) is 28.7. The van der Waals surface area contributed by atoms with Gasteiger partial charge in [0.1, 0.15) is 6.61 Å². The maximum Gasteiger partial charge on any atom is 0.586 e. The standard InChI is InChI=1S/C44H61F2N3O8S2/c1-4-5-6-7-8-9-10-11-12-13-14-15-16-17-18-19-20-21-22-23-39(52)47-28-29-58-59-42(2,3)38(33-55-41(54)48-35(31-50)32-51)49-40(53)43(26-27-43)34-24-25-36-37(30-34)57-44(45,46)56-36/h5-6,8-9,11-12,14-15,17-18,20-21,24-25,30,35,38,50-51H,4,7,10,13,16,19,22-23,26-29,31-33H2,1-3H3,(H,47,52)(H,48,54)(H,49,53)/b6-5-,9-8-,12-11-,15-14-,18-17-,21-20-/t38-/m1/s1. The van der Waals surface area contributed by atoms with Crippen LogP contribution in [0.1, 0.15) is 90.5 Å². The predicted molar refractivity (Wildman–Crippen MR) is 233 cm³/mol. The van der Waals surface area contributed by atoms with Crippen LogP contribution < -0.4 is 25.4 Å². The Morgan fingerprint density at radius 1 is 0.847 bits per heavy atom. The molecule has 1 saturated carbocycles. The van der Waals surface area contributed by atoms with Gasteiger partial charge in [-0.2, -0.15) is 0 Å². The van der Waals surface area contributed by atoms with Crippen LogP contribution in [-0.2, 0) is 19.7 Å². The Kier molecular flexibility index (Phi) is 21.9. The van der Waals surface area contributed by atoms with Crippen molar-refractivity contribution in [3.05, 3.63) is 96.7 Å². The highest BCUT2D eigenvalue weighted by Gasteiger charge is 2.54. The van der Waals surface area contributed by atoms with Crippen LogP contribution in [0.3, 0.4) is 0 Å². The molecule has 0 unspecified atom stereocenters. The van der Waals surface area contributed by atoms with Crippen LogP contribution in [0.5, 0.6) is 11.5 Å². The summed E-state index contributed by atoms with van der Waals surface area (Å²) in [7, 11) is 2.94. The van der Waals surface area contributed by atoms with Crippen molar-refractivity contribution >= 4 is 39.5 Å².